The van der Waals surface area contributed by atoms with Gasteiger partial charge in [0.15, 0.2) is 0 Å². The van der Waals surface area contributed by atoms with E-state index in [-0.39, 0.29) is 6.61 Å². The number of halogens is 1. The lowest BCUT2D eigenvalue weighted by molar-refractivity contribution is 0.147. The molecule has 0 saturated heterocycles. The van der Waals surface area contributed by atoms with Crippen LogP contribution < -0.4 is 10.3 Å². The van der Waals surface area contributed by atoms with Crippen molar-refractivity contribution in [3.8, 4) is 5.75 Å². The van der Waals surface area contributed by atoms with E-state index in [9.17, 15) is 10.0 Å². The summed E-state index contributed by atoms with van der Waals surface area (Å²) in [5.41, 5.74) is 0.740. The zero-order chi connectivity index (χ0) is 20.8. The highest BCUT2D eigenvalue weighted by atomic mass is 35.5. The monoisotopic (exact) mass is 447 g/mol. The Morgan fingerprint density at radius 3 is 2.52 bits per heavy atom. The molecule has 0 aliphatic heterocycles. The van der Waals surface area contributed by atoms with Crippen LogP contribution in [0.4, 0.5) is 0 Å². The van der Waals surface area contributed by atoms with Gasteiger partial charge < -0.3 is 9.94 Å². The van der Waals surface area contributed by atoms with Crippen LogP contribution in [0.5, 0.6) is 5.75 Å². The van der Waals surface area contributed by atoms with Gasteiger partial charge in [0.1, 0.15) is 12.4 Å². The van der Waals surface area contributed by atoms with Crippen molar-refractivity contribution in [3.05, 3.63) is 87.3 Å². The summed E-state index contributed by atoms with van der Waals surface area (Å²) in [6.45, 7) is 4.09. The number of ether oxygens (including phenoxy) is 1. The minimum absolute atomic E-state index is 0.109. The molecule has 29 heavy (non-hydrogen) atoms. The van der Waals surface area contributed by atoms with Crippen LogP contribution in [0.2, 0.25) is 5.02 Å². The Bertz CT molecular complexity index is 1020. The number of aromatic nitrogens is 1. The lowest BCUT2D eigenvalue weighted by Crippen LogP contribution is -2.21. The van der Waals surface area contributed by atoms with E-state index >= 15 is 0 Å². The quantitative estimate of drug-likeness (QED) is 0.251. The molecule has 1 N–H and O–H groups in total. The van der Waals surface area contributed by atoms with Crippen LogP contribution in [0, 0.1) is 6.92 Å². The first kappa shape index (κ1) is 21.7. The van der Waals surface area contributed by atoms with E-state index in [1.165, 1.54) is 11.0 Å². The van der Waals surface area contributed by atoms with Gasteiger partial charge in [0.05, 0.1) is 10.3 Å². The van der Waals surface area contributed by atoms with Crippen LogP contribution in [0.15, 0.2) is 75.2 Å². The van der Waals surface area contributed by atoms with Gasteiger partial charge in [-0.3, -0.25) is 4.79 Å². The highest BCUT2D eigenvalue weighted by Crippen LogP contribution is 2.38. The number of pyridine rings is 1. The molecule has 0 amide bonds. The zero-order valence-electron chi connectivity index (χ0n) is 16.2. The van der Waals surface area contributed by atoms with Crippen molar-refractivity contribution in [3.63, 3.8) is 0 Å². The third-order valence-corrected chi connectivity index (χ3v) is 7.19. The van der Waals surface area contributed by atoms with E-state index in [0.717, 1.165) is 21.9 Å². The van der Waals surface area contributed by atoms with E-state index in [2.05, 4.69) is 13.0 Å². The van der Waals surface area contributed by atoms with E-state index in [1.54, 1.807) is 29.6 Å². The predicted octanol–water partition coefficient (Wildman–Crippen LogP) is 6.25. The molecule has 3 aromatic rings. The SMILES string of the molecule is CCC(Sc1ccc(Cl)cc1)Sc1cccc(OCc2cc(C)cc(=O)n2O)c1. The van der Waals surface area contributed by atoms with E-state index < -0.39 is 5.56 Å². The molecule has 1 unspecified atom stereocenters. The summed E-state index contributed by atoms with van der Waals surface area (Å²) in [4.78, 5) is 14.0. The normalized spacial score (nSPS) is 12.0. The van der Waals surface area contributed by atoms with Gasteiger partial charge in [-0.05, 0) is 67.4 Å². The second kappa shape index (κ2) is 10.1. The molecule has 1 aromatic heterocycles. The third kappa shape index (κ3) is 6.23. The molecule has 0 spiro atoms. The smallest absolute Gasteiger partial charge is 0.283 e. The van der Waals surface area contributed by atoms with Crippen molar-refractivity contribution in [1.82, 2.24) is 4.73 Å². The fourth-order valence-corrected chi connectivity index (χ4v) is 5.23. The van der Waals surface area contributed by atoms with Crippen molar-refractivity contribution in [2.24, 2.45) is 0 Å². The molecular weight excluding hydrogens is 426 g/mol. The molecule has 1 atom stereocenters. The third-order valence-electron chi connectivity index (χ3n) is 4.10. The average molecular weight is 448 g/mol. The first-order chi connectivity index (χ1) is 13.9. The Hall–Kier alpha value is -2.02. The number of hydrogen-bond acceptors (Lipinski definition) is 5. The van der Waals surface area contributed by atoms with Gasteiger partial charge in [-0.1, -0.05) is 24.6 Å². The van der Waals surface area contributed by atoms with Crippen molar-refractivity contribution >= 4 is 35.1 Å². The lowest BCUT2D eigenvalue weighted by Gasteiger charge is -2.15. The summed E-state index contributed by atoms with van der Waals surface area (Å²) in [5, 5.41) is 10.6. The number of aryl methyl sites for hydroxylation is 1. The summed E-state index contributed by atoms with van der Waals surface area (Å²) in [6, 6.07) is 18.8. The van der Waals surface area contributed by atoms with Crippen LogP contribution in [-0.2, 0) is 6.61 Å². The van der Waals surface area contributed by atoms with Gasteiger partial charge in [0.25, 0.3) is 5.56 Å². The van der Waals surface area contributed by atoms with Crippen molar-refractivity contribution in [2.45, 2.75) is 41.2 Å². The Labute approximate surface area is 183 Å². The lowest BCUT2D eigenvalue weighted by atomic mass is 10.2. The number of nitrogens with zero attached hydrogens (tertiary/aromatic N) is 1. The van der Waals surface area contributed by atoms with Gasteiger partial charge in [-0.2, -0.15) is 0 Å². The number of hydrogen-bond donors (Lipinski definition) is 1. The van der Waals surface area contributed by atoms with Gasteiger partial charge in [0.2, 0.25) is 0 Å². The van der Waals surface area contributed by atoms with Crippen molar-refractivity contribution < 1.29 is 9.94 Å². The molecule has 2 aromatic carbocycles. The maximum absolute atomic E-state index is 11.7. The van der Waals surface area contributed by atoms with Gasteiger partial charge in [0, 0.05) is 20.9 Å². The molecule has 0 radical (unpaired) electrons. The Morgan fingerprint density at radius 1 is 1.07 bits per heavy atom. The molecule has 0 aliphatic rings. The molecule has 0 fully saturated rings. The molecule has 3 rings (SSSR count). The van der Waals surface area contributed by atoms with Gasteiger partial charge in [-0.25, -0.2) is 0 Å². The van der Waals surface area contributed by atoms with Gasteiger partial charge >= 0.3 is 0 Å². The maximum atomic E-state index is 11.7. The van der Waals surface area contributed by atoms with Crippen LogP contribution in [0.1, 0.15) is 24.6 Å². The second-order valence-corrected chi connectivity index (χ2v) is 9.75. The van der Waals surface area contributed by atoms with Crippen LogP contribution in [-0.4, -0.2) is 14.5 Å². The number of benzene rings is 2. The molecule has 0 bridgehead atoms. The fraction of sp³-hybridized carbons (Fsp3) is 0.227. The minimum Gasteiger partial charge on any atom is -0.487 e. The fourth-order valence-electron chi connectivity index (χ4n) is 2.67. The molecular formula is C22H22ClNO3S2. The first-order valence-corrected chi connectivity index (χ1v) is 11.3. The Balaban J connectivity index is 1.65. The molecule has 0 aliphatic carbocycles. The Kier molecular flexibility index (Phi) is 7.58. The zero-order valence-corrected chi connectivity index (χ0v) is 18.6. The minimum atomic E-state index is -0.460. The summed E-state index contributed by atoms with van der Waals surface area (Å²) in [7, 11) is 0. The number of rotatable bonds is 8. The van der Waals surface area contributed by atoms with Crippen molar-refractivity contribution in [2.75, 3.05) is 0 Å². The average Bonchev–Trinajstić information content (AvgIpc) is 2.71. The molecule has 1 heterocycles. The largest absolute Gasteiger partial charge is 0.487 e. The summed E-state index contributed by atoms with van der Waals surface area (Å²) < 4.78 is 6.79. The van der Waals surface area contributed by atoms with E-state index in [4.69, 9.17) is 16.3 Å². The summed E-state index contributed by atoms with van der Waals surface area (Å²) in [5.74, 6) is 0.690. The standard InChI is InChI=1S/C22H22ClNO3S2/c1-3-22(28-19-9-7-16(23)8-10-19)29-20-6-4-5-18(13-20)27-14-17-11-15(2)12-21(25)24(17)26/h4-13,22,26H,3,14H2,1-2H3. The number of thioether (sulfide) groups is 2. The molecule has 152 valence electrons. The summed E-state index contributed by atoms with van der Waals surface area (Å²) >= 11 is 9.55. The molecule has 4 nitrogen and oxygen atoms in total. The van der Waals surface area contributed by atoms with Gasteiger partial charge in [-0.15, -0.1) is 28.3 Å². The van der Waals surface area contributed by atoms with Crippen LogP contribution >= 0.6 is 35.1 Å². The van der Waals surface area contributed by atoms with Crippen LogP contribution in [0.25, 0.3) is 0 Å². The molecule has 7 heteroatoms. The van der Waals surface area contributed by atoms with Crippen LogP contribution in [0.3, 0.4) is 0 Å². The highest BCUT2D eigenvalue weighted by molar-refractivity contribution is 8.17. The van der Waals surface area contributed by atoms with E-state index in [1.807, 2.05) is 49.4 Å². The maximum Gasteiger partial charge on any atom is 0.283 e. The predicted molar refractivity (Wildman–Crippen MR) is 121 cm³/mol. The second-order valence-electron chi connectivity index (χ2n) is 6.47. The summed E-state index contributed by atoms with van der Waals surface area (Å²) in [6.07, 6.45) is 1.00. The van der Waals surface area contributed by atoms with E-state index in [0.29, 0.717) is 20.8 Å². The first-order valence-electron chi connectivity index (χ1n) is 9.18. The Morgan fingerprint density at radius 2 is 1.79 bits per heavy atom. The van der Waals surface area contributed by atoms with Crippen molar-refractivity contribution in [1.29, 1.82) is 0 Å². The topological polar surface area (TPSA) is 51.5 Å². The molecule has 0 saturated carbocycles. The highest BCUT2D eigenvalue weighted by Gasteiger charge is 2.12.